The monoisotopic (exact) mass is 431 g/mol. The number of pyridine rings is 1. The molecule has 30 heavy (non-hydrogen) atoms. The molecule has 4 rings (SSSR count). The van der Waals surface area contributed by atoms with Crippen LogP contribution in [0.4, 0.5) is 20.3 Å². The summed E-state index contributed by atoms with van der Waals surface area (Å²) in [7, 11) is 0. The Hall–Kier alpha value is -2.68. The van der Waals surface area contributed by atoms with Crippen molar-refractivity contribution in [3.63, 3.8) is 0 Å². The number of rotatable bonds is 6. The van der Waals surface area contributed by atoms with Gasteiger partial charge in [0.25, 0.3) is 0 Å². The molecule has 3 heterocycles. The maximum atomic E-state index is 14.6. The van der Waals surface area contributed by atoms with Crippen LogP contribution in [-0.4, -0.2) is 52.7 Å². The van der Waals surface area contributed by atoms with E-state index < -0.39 is 11.8 Å². The zero-order valence-electron chi connectivity index (χ0n) is 16.1. The summed E-state index contributed by atoms with van der Waals surface area (Å²) in [5, 5.41) is 2.96. The molecule has 1 aliphatic rings. The van der Waals surface area contributed by atoms with E-state index in [1.165, 1.54) is 24.5 Å². The maximum Gasteiger partial charge on any atom is 0.220 e. The molecule has 6 nitrogen and oxygen atoms in total. The van der Waals surface area contributed by atoms with Crippen LogP contribution >= 0.6 is 11.6 Å². The van der Waals surface area contributed by atoms with Crippen molar-refractivity contribution in [2.75, 3.05) is 38.2 Å². The van der Waals surface area contributed by atoms with E-state index in [0.29, 0.717) is 22.6 Å². The van der Waals surface area contributed by atoms with E-state index in [2.05, 4.69) is 25.2 Å². The summed E-state index contributed by atoms with van der Waals surface area (Å²) in [5.74, 6) is -0.825. The number of morpholine rings is 1. The molecule has 0 spiro atoms. The van der Waals surface area contributed by atoms with Gasteiger partial charge >= 0.3 is 0 Å². The fourth-order valence-corrected chi connectivity index (χ4v) is 3.37. The molecular formula is C21H20ClF2N5O. The normalized spacial score (nSPS) is 15.2. The molecule has 0 radical (unpaired) electrons. The second kappa shape index (κ2) is 9.42. The SMILES string of the molecule is Fc1ccc(Nc2ncnc3cc(/C=C/CCN4CCOCC4)c(F)nc23)cc1Cl. The van der Waals surface area contributed by atoms with Gasteiger partial charge in [-0.1, -0.05) is 23.8 Å². The molecule has 1 fully saturated rings. The summed E-state index contributed by atoms with van der Waals surface area (Å²) in [5.41, 5.74) is 1.64. The highest BCUT2D eigenvalue weighted by Gasteiger charge is 2.12. The van der Waals surface area contributed by atoms with Gasteiger partial charge in [-0.25, -0.2) is 19.3 Å². The van der Waals surface area contributed by atoms with Crippen molar-refractivity contribution in [2.45, 2.75) is 6.42 Å². The molecule has 2 aromatic heterocycles. The summed E-state index contributed by atoms with van der Waals surface area (Å²) in [6.07, 6.45) is 5.82. The molecule has 0 bridgehead atoms. The number of aromatic nitrogens is 3. The minimum atomic E-state index is -0.611. The Morgan fingerprint density at radius 2 is 2.00 bits per heavy atom. The van der Waals surface area contributed by atoms with Gasteiger partial charge in [0, 0.05) is 30.9 Å². The zero-order chi connectivity index (χ0) is 20.9. The van der Waals surface area contributed by atoms with Crippen molar-refractivity contribution in [1.29, 1.82) is 0 Å². The van der Waals surface area contributed by atoms with E-state index >= 15 is 0 Å². The van der Waals surface area contributed by atoms with Crippen LogP contribution in [0.15, 0.2) is 36.7 Å². The third kappa shape index (κ3) is 4.89. The molecule has 0 amide bonds. The molecule has 0 saturated carbocycles. The molecule has 0 unspecified atom stereocenters. The van der Waals surface area contributed by atoms with Gasteiger partial charge < -0.3 is 10.1 Å². The van der Waals surface area contributed by atoms with Crippen LogP contribution in [0.5, 0.6) is 0 Å². The van der Waals surface area contributed by atoms with E-state index in [0.717, 1.165) is 39.3 Å². The van der Waals surface area contributed by atoms with Crippen LogP contribution in [0.3, 0.4) is 0 Å². The van der Waals surface area contributed by atoms with Gasteiger partial charge in [0.15, 0.2) is 5.82 Å². The Morgan fingerprint density at radius 3 is 2.80 bits per heavy atom. The lowest BCUT2D eigenvalue weighted by Crippen LogP contribution is -2.36. The minimum absolute atomic E-state index is 0.0259. The Kier molecular flexibility index (Phi) is 6.47. The molecule has 1 aliphatic heterocycles. The summed E-state index contributed by atoms with van der Waals surface area (Å²) in [6.45, 7) is 4.26. The Bertz CT molecular complexity index is 1070. The van der Waals surface area contributed by atoms with Gasteiger partial charge in [-0.3, -0.25) is 4.90 Å². The number of ether oxygens (including phenoxy) is 1. The number of hydrogen-bond donors (Lipinski definition) is 1. The first-order valence-electron chi connectivity index (χ1n) is 9.60. The summed E-state index contributed by atoms with van der Waals surface area (Å²) >= 11 is 5.81. The topological polar surface area (TPSA) is 63.2 Å². The standard InChI is InChI=1S/C21H20ClF2N5O/c22-16-12-15(4-5-17(16)23)27-21-19-18(25-13-26-21)11-14(20(24)28-19)3-1-2-6-29-7-9-30-10-8-29/h1,3-5,11-13H,2,6-10H2,(H,25,26,27)/b3-1+. The second-order valence-corrected chi connectivity index (χ2v) is 7.26. The van der Waals surface area contributed by atoms with Crippen molar-refractivity contribution in [3.8, 4) is 0 Å². The number of benzene rings is 1. The molecule has 156 valence electrons. The highest BCUT2D eigenvalue weighted by Crippen LogP contribution is 2.26. The molecule has 3 aromatic rings. The van der Waals surface area contributed by atoms with Crippen LogP contribution < -0.4 is 5.32 Å². The maximum absolute atomic E-state index is 14.6. The van der Waals surface area contributed by atoms with Crippen LogP contribution in [0, 0.1) is 11.8 Å². The molecule has 9 heteroatoms. The fraction of sp³-hybridized carbons (Fsp3) is 0.286. The molecule has 0 atom stereocenters. The van der Waals surface area contributed by atoms with E-state index in [1.807, 2.05) is 6.08 Å². The van der Waals surface area contributed by atoms with Gasteiger partial charge in [0.2, 0.25) is 5.95 Å². The van der Waals surface area contributed by atoms with Gasteiger partial charge in [-0.2, -0.15) is 4.39 Å². The van der Waals surface area contributed by atoms with Crippen molar-refractivity contribution in [3.05, 3.63) is 59.0 Å². The average Bonchev–Trinajstić information content (AvgIpc) is 2.75. The molecule has 0 aliphatic carbocycles. The lowest BCUT2D eigenvalue weighted by molar-refractivity contribution is 0.0387. The number of halogens is 3. The Morgan fingerprint density at radius 1 is 1.17 bits per heavy atom. The first-order valence-corrected chi connectivity index (χ1v) is 9.98. The van der Waals surface area contributed by atoms with Crippen LogP contribution in [0.2, 0.25) is 5.02 Å². The summed E-state index contributed by atoms with van der Waals surface area (Å²) < 4.78 is 33.3. The van der Waals surface area contributed by atoms with Gasteiger partial charge in [-0.05, 0) is 30.7 Å². The Labute approximate surface area is 177 Å². The highest BCUT2D eigenvalue weighted by molar-refractivity contribution is 6.31. The quantitative estimate of drug-likeness (QED) is 0.582. The van der Waals surface area contributed by atoms with Crippen LogP contribution in [0.25, 0.3) is 17.1 Å². The highest BCUT2D eigenvalue weighted by atomic mass is 35.5. The summed E-state index contributed by atoms with van der Waals surface area (Å²) in [4.78, 5) is 14.7. The Balaban J connectivity index is 1.50. The van der Waals surface area contributed by atoms with Crippen molar-refractivity contribution in [2.24, 2.45) is 0 Å². The predicted octanol–water partition coefficient (Wildman–Crippen LogP) is 4.44. The van der Waals surface area contributed by atoms with E-state index in [1.54, 1.807) is 12.1 Å². The third-order valence-electron chi connectivity index (χ3n) is 4.79. The molecule has 1 saturated heterocycles. The minimum Gasteiger partial charge on any atom is -0.379 e. The third-order valence-corrected chi connectivity index (χ3v) is 5.08. The number of fused-ring (bicyclic) bond motifs is 1. The average molecular weight is 432 g/mol. The largest absolute Gasteiger partial charge is 0.379 e. The zero-order valence-corrected chi connectivity index (χ0v) is 16.9. The lowest BCUT2D eigenvalue weighted by Gasteiger charge is -2.25. The first-order chi connectivity index (χ1) is 14.6. The van der Waals surface area contributed by atoms with E-state index in [4.69, 9.17) is 16.3 Å². The molecule has 1 aromatic carbocycles. The van der Waals surface area contributed by atoms with Crippen LogP contribution in [0.1, 0.15) is 12.0 Å². The number of anilines is 2. The van der Waals surface area contributed by atoms with Gasteiger partial charge in [-0.15, -0.1) is 0 Å². The van der Waals surface area contributed by atoms with Gasteiger partial charge in [0.05, 0.1) is 23.8 Å². The lowest BCUT2D eigenvalue weighted by atomic mass is 10.2. The van der Waals surface area contributed by atoms with Crippen molar-refractivity contribution < 1.29 is 13.5 Å². The molecular weight excluding hydrogens is 412 g/mol. The number of hydrogen-bond acceptors (Lipinski definition) is 6. The first kappa shape index (κ1) is 20.6. The van der Waals surface area contributed by atoms with Gasteiger partial charge in [0.1, 0.15) is 17.7 Å². The van der Waals surface area contributed by atoms with E-state index in [9.17, 15) is 8.78 Å². The van der Waals surface area contributed by atoms with Crippen LogP contribution in [-0.2, 0) is 4.74 Å². The van der Waals surface area contributed by atoms with Crippen molar-refractivity contribution in [1.82, 2.24) is 19.9 Å². The van der Waals surface area contributed by atoms with Crippen molar-refractivity contribution >= 4 is 40.2 Å². The smallest absolute Gasteiger partial charge is 0.220 e. The predicted molar refractivity (Wildman–Crippen MR) is 113 cm³/mol. The fourth-order valence-electron chi connectivity index (χ4n) is 3.19. The number of nitrogens with zero attached hydrogens (tertiary/aromatic N) is 4. The molecule has 1 N–H and O–H groups in total. The summed E-state index contributed by atoms with van der Waals surface area (Å²) in [6, 6.07) is 5.80. The van der Waals surface area contributed by atoms with E-state index in [-0.39, 0.29) is 10.5 Å². The number of nitrogens with one attached hydrogen (secondary N) is 1. The second-order valence-electron chi connectivity index (χ2n) is 6.86.